The quantitative estimate of drug-likeness (QED) is 0.782. The van der Waals surface area contributed by atoms with Crippen molar-refractivity contribution in [2.45, 2.75) is 38.0 Å². The van der Waals surface area contributed by atoms with E-state index in [1.807, 2.05) is 18.2 Å². The third kappa shape index (κ3) is 2.72. The van der Waals surface area contributed by atoms with Crippen molar-refractivity contribution in [1.82, 2.24) is 4.72 Å². The zero-order valence-corrected chi connectivity index (χ0v) is 10.9. The summed E-state index contributed by atoms with van der Waals surface area (Å²) in [6, 6.07) is 5.74. The lowest BCUT2D eigenvalue weighted by atomic mass is 9.93. The average Bonchev–Trinajstić information content (AvgIpc) is 2.57. The number of benzene rings is 1. The van der Waals surface area contributed by atoms with Gasteiger partial charge in [0.1, 0.15) is 7.85 Å². The van der Waals surface area contributed by atoms with Gasteiger partial charge in [0.05, 0.1) is 5.25 Å². The van der Waals surface area contributed by atoms with Gasteiger partial charge < -0.3 is 0 Å². The lowest BCUT2D eigenvalue weighted by Gasteiger charge is -2.14. The molecule has 0 bridgehead atoms. The van der Waals surface area contributed by atoms with Crippen LogP contribution < -0.4 is 10.2 Å². The fraction of sp³-hybridized carbons (Fsp3) is 0.500. The topological polar surface area (TPSA) is 46.2 Å². The van der Waals surface area contributed by atoms with Crippen LogP contribution in [0.4, 0.5) is 0 Å². The van der Waals surface area contributed by atoms with Crippen LogP contribution >= 0.6 is 0 Å². The first-order chi connectivity index (χ1) is 7.88. The minimum atomic E-state index is -3.19. The highest BCUT2D eigenvalue weighted by Gasteiger charge is 2.26. The molecule has 1 aromatic rings. The van der Waals surface area contributed by atoms with E-state index in [-0.39, 0.29) is 6.04 Å². The highest BCUT2D eigenvalue weighted by Crippen LogP contribution is 2.21. The second kappa shape index (κ2) is 4.46. The predicted octanol–water partition coefficient (Wildman–Crippen LogP) is 0.275. The zero-order chi connectivity index (χ0) is 12.6. The van der Waals surface area contributed by atoms with Gasteiger partial charge >= 0.3 is 0 Å². The van der Waals surface area contributed by atoms with Crippen LogP contribution in [0.3, 0.4) is 0 Å². The van der Waals surface area contributed by atoms with E-state index in [1.54, 1.807) is 13.8 Å². The molecule has 0 fully saturated rings. The molecule has 1 aromatic carbocycles. The lowest BCUT2D eigenvalue weighted by molar-refractivity contribution is 0.547. The Labute approximate surface area is 104 Å². The van der Waals surface area contributed by atoms with Gasteiger partial charge in [-0.3, -0.25) is 0 Å². The Morgan fingerprint density at radius 3 is 2.59 bits per heavy atom. The van der Waals surface area contributed by atoms with Crippen molar-refractivity contribution in [3.63, 3.8) is 0 Å². The van der Waals surface area contributed by atoms with E-state index in [0.29, 0.717) is 0 Å². The minimum Gasteiger partial charge on any atom is -0.212 e. The van der Waals surface area contributed by atoms with Gasteiger partial charge in [0, 0.05) is 6.04 Å². The molecule has 5 heteroatoms. The fourth-order valence-corrected chi connectivity index (χ4v) is 2.99. The van der Waals surface area contributed by atoms with Crippen LogP contribution in [-0.2, 0) is 22.9 Å². The summed E-state index contributed by atoms with van der Waals surface area (Å²) in [6.07, 6.45) is 1.48. The third-order valence-electron chi connectivity index (χ3n) is 3.11. The molecule has 0 aromatic heterocycles. The molecule has 2 rings (SSSR count). The number of nitrogens with one attached hydrogen (secondary N) is 1. The van der Waals surface area contributed by atoms with E-state index in [0.717, 1.165) is 23.9 Å². The molecule has 0 aliphatic heterocycles. The van der Waals surface area contributed by atoms with Gasteiger partial charge in [0.15, 0.2) is 0 Å². The summed E-state index contributed by atoms with van der Waals surface area (Å²) in [5.74, 6) is 0. The smallest absolute Gasteiger partial charge is 0.212 e. The molecular weight excluding hydrogens is 233 g/mol. The Morgan fingerprint density at radius 1 is 1.29 bits per heavy atom. The molecule has 1 atom stereocenters. The molecule has 17 heavy (non-hydrogen) atoms. The minimum absolute atomic E-state index is 0.0285. The van der Waals surface area contributed by atoms with Crippen molar-refractivity contribution >= 4 is 23.3 Å². The molecule has 0 saturated heterocycles. The molecular formula is C12H16BNO2S. The first-order valence-electron chi connectivity index (χ1n) is 5.77. The Balaban J connectivity index is 2.11. The number of fused-ring (bicyclic) bond motifs is 1. The molecule has 0 heterocycles. The highest BCUT2D eigenvalue weighted by atomic mass is 32.2. The predicted molar refractivity (Wildman–Crippen MR) is 70.2 cm³/mol. The third-order valence-corrected chi connectivity index (χ3v) is 5.02. The molecule has 3 nitrogen and oxygen atoms in total. The van der Waals surface area contributed by atoms with Gasteiger partial charge in [0.25, 0.3) is 0 Å². The molecule has 2 radical (unpaired) electrons. The molecule has 1 unspecified atom stereocenters. The second-order valence-electron chi connectivity index (χ2n) is 4.84. The number of hydrogen-bond acceptors (Lipinski definition) is 2. The van der Waals surface area contributed by atoms with E-state index < -0.39 is 15.3 Å². The van der Waals surface area contributed by atoms with Crippen LogP contribution in [0.2, 0.25) is 0 Å². The monoisotopic (exact) mass is 249 g/mol. The van der Waals surface area contributed by atoms with Crippen LogP contribution in [0.1, 0.15) is 25.0 Å². The van der Waals surface area contributed by atoms with Crippen molar-refractivity contribution in [2.75, 3.05) is 0 Å². The van der Waals surface area contributed by atoms with Crippen molar-refractivity contribution < 1.29 is 8.42 Å². The van der Waals surface area contributed by atoms with Gasteiger partial charge in [0.2, 0.25) is 10.0 Å². The maximum Gasteiger partial charge on any atom is 0.214 e. The van der Waals surface area contributed by atoms with Crippen molar-refractivity contribution in [3.05, 3.63) is 29.3 Å². The normalized spacial score (nSPS) is 19.6. The van der Waals surface area contributed by atoms with E-state index in [2.05, 4.69) is 4.72 Å². The van der Waals surface area contributed by atoms with E-state index in [4.69, 9.17) is 7.85 Å². The SMILES string of the molecule is [B]c1ccc2c(c1)CC(NS(=O)(=O)C(C)C)C2. The van der Waals surface area contributed by atoms with Crippen LogP contribution in [0, 0.1) is 0 Å². The summed E-state index contributed by atoms with van der Waals surface area (Å²) in [7, 11) is 2.52. The lowest BCUT2D eigenvalue weighted by Crippen LogP contribution is -2.39. The number of sulfonamides is 1. The highest BCUT2D eigenvalue weighted by molar-refractivity contribution is 7.90. The van der Waals surface area contributed by atoms with Crippen LogP contribution in [0.5, 0.6) is 0 Å². The second-order valence-corrected chi connectivity index (χ2v) is 7.11. The average molecular weight is 249 g/mol. The molecule has 90 valence electrons. The Hall–Kier alpha value is -0.805. The largest absolute Gasteiger partial charge is 0.214 e. The van der Waals surface area contributed by atoms with Crippen molar-refractivity contribution in [1.29, 1.82) is 0 Å². The summed E-state index contributed by atoms with van der Waals surface area (Å²) < 4.78 is 26.3. The van der Waals surface area contributed by atoms with Crippen molar-refractivity contribution in [3.8, 4) is 0 Å². The number of rotatable bonds is 3. The summed E-state index contributed by atoms with van der Waals surface area (Å²) in [6.45, 7) is 3.37. The van der Waals surface area contributed by atoms with Gasteiger partial charge in [-0.25, -0.2) is 13.1 Å². The van der Waals surface area contributed by atoms with E-state index in [9.17, 15) is 8.42 Å². The van der Waals surface area contributed by atoms with Gasteiger partial charge in [-0.2, -0.15) is 0 Å². The maximum absolute atomic E-state index is 11.8. The summed E-state index contributed by atoms with van der Waals surface area (Å²) in [5.41, 5.74) is 3.08. The van der Waals surface area contributed by atoms with Crippen LogP contribution in [0.15, 0.2) is 18.2 Å². The zero-order valence-electron chi connectivity index (χ0n) is 10.1. The Kier molecular flexibility index (Phi) is 3.32. The molecule has 1 N–H and O–H groups in total. The molecule has 0 spiro atoms. The van der Waals surface area contributed by atoms with Gasteiger partial charge in [-0.05, 0) is 37.8 Å². The first-order valence-corrected chi connectivity index (χ1v) is 7.31. The summed E-state index contributed by atoms with van der Waals surface area (Å²) in [4.78, 5) is 0. The first kappa shape index (κ1) is 12.6. The van der Waals surface area contributed by atoms with Crippen LogP contribution in [-0.4, -0.2) is 27.6 Å². The standard InChI is InChI=1S/C12H16BNO2S/c1-8(2)17(15,16)14-12-6-9-3-4-11(13)5-10(9)7-12/h3-5,8,12,14H,6-7H2,1-2H3. The molecule has 1 aliphatic rings. The Bertz CT molecular complexity index is 525. The van der Waals surface area contributed by atoms with Gasteiger partial charge in [-0.15, -0.1) is 0 Å². The van der Waals surface area contributed by atoms with Crippen molar-refractivity contribution in [2.24, 2.45) is 0 Å². The fourth-order valence-electron chi connectivity index (χ4n) is 2.09. The van der Waals surface area contributed by atoms with E-state index >= 15 is 0 Å². The van der Waals surface area contributed by atoms with Gasteiger partial charge in [-0.1, -0.05) is 23.7 Å². The summed E-state index contributed by atoms with van der Waals surface area (Å²) in [5, 5.41) is -0.392. The molecule has 1 aliphatic carbocycles. The van der Waals surface area contributed by atoms with E-state index in [1.165, 1.54) is 5.56 Å². The Morgan fingerprint density at radius 2 is 1.94 bits per heavy atom. The maximum atomic E-state index is 11.8. The molecule has 0 amide bonds. The van der Waals surface area contributed by atoms with Crippen LogP contribution in [0.25, 0.3) is 0 Å². The number of hydrogen-bond donors (Lipinski definition) is 1. The summed E-state index contributed by atoms with van der Waals surface area (Å²) >= 11 is 0. The molecule has 0 saturated carbocycles.